The van der Waals surface area contributed by atoms with Crippen LogP contribution >= 0.6 is 11.8 Å². The summed E-state index contributed by atoms with van der Waals surface area (Å²) in [5, 5.41) is 10.7. The Balaban J connectivity index is 1.64. The van der Waals surface area contributed by atoms with Crippen LogP contribution in [0, 0.1) is 12.8 Å². The first-order valence-corrected chi connectivity index (χ1v) is 9.73. The summed E-state index contributed by atoms with van der Waals surface area (Å²) < 4.78 is 10.9. The van der Waals surface area contributed by atoms with Crippen LogP contribution < -0.4 is 5.32 Å². The second kappa shape index (κ2) is 8.43. The van der Waals surface area contributed by atoms with E-state index in [0.29, 0.717) is 28.1 Å². The van der Waals surface area contributed by atoms with Gasteiger partial charge in [0.1, 0.15) is 5.76 Å². The Bertz CT molecular complexity index is 976. The van der Waals surface area contributed by atoms with E-state index < -0.39 is 5.25 Å². The monoisotopic (exact) mass is 399 g/mol. The first-order valence-electron chi connectivity index (χ1n) is 8.85. The molecule has 3 rings (SSSR count). The molecule has 1 unspecified atom stereocenters. The Morgan fingerprint density at radius 3 is 2.39 bits per heavy atom. The van der Waals surface area contributed by atoms with Crippen LogP contribution in [0.5, 0.6) is 0 Å². The highest BCUT2D eigenvalue weighted by atomic mass is 32.2. The molecular weight excluding hydrogens is 378 g/mol. The summed E-state index contributed by atoms with van der Waals surface area (Å²) in [5.74, 6) is 0.810. The molecule has 0 aliphatic rings. The molecule has 1 aromatic carbocycles. The van der Waals surface area contributed by atoms with Crippen molar-refractivity contribution in [1.29, 1.82) is 0 Å². The highest BCUT2D eigenvalue weighted by Crippen LogP contribution is 2.29. The molecule has 1 amide bonds. The van der Waals surface area contributed by atoms with E-state index in [2.05, 4.69) is 15.5 Å². The summed E-state index contributed by atoms with van der Waals surface area (Å²) >= 11 is 1.20. The molecule has 0 bridgehead atoms. The highest BCUT2D eigenvalue weighted by molar-refractivity contribution is 8.00. The van der Waals surface area contributed by atoms with E-state index in [1.165, 1.54) is 11.8 Å². The number of benzene rings is 1. The molecule has 1 atom stereocenters. The predicted octanol–water partition coefficient (Wildman–Crippen LogP) is 4.60. The van der Waals surface area contributed by atoms with Gasteiger partial charge >= 0.3 is 0 Å². The number of carbonyl (C=O) groups excluding carboxylic acids is 2. The number of aromatic nitrogens is 2. The van der Waals surface area contributed by atoms with Gasteiger partial charge in [-0.15, -0.1) is 10.2 Å². The smallest absolute Gasteiger partial charge is 0.277 e. The number of thioether (sulfide) groups is 1. The van der Waals surface area contributed by atoms with Crippen molar-refractivity contribution in [2.24, 2.45) is 5.92 Å². The Kier molecular flexibility index (Phi) is 5.99. The third-order valence-corrected chi connectivity index (χ3v) is 5.04. The van der Waals surface area contributed by atoms with Gasteiger partial charge in [0, 0.05) is 17.2 Å². The van der Waals surface area contributed by atoms with Crippen molar-refractivity contribution in [2.75, 3.05) is 5.32 Å². The van der Waals surface area contributed by atoms with Crippen molar-refractivity contribution in [1.82, 2.24) is 10.2 Å². The molecule has 7 nitrogen and oxygen atoms in total. The average molecular weight is 399 g/mol. The van der Waals surface area contributed by atoms with E-state index in [-0.39, 0.29) is 17.6 Å². The number of aryl methyl sites for hydroxylation is 1. The number of nitrogens with one attached hydrogen (secondary N) is 1. The molecule has 0 spiro atoms. The van der Waals surface area contributed by atoms with Gasteiger partial charge in [0.2, 0.25) is 5.91 Å². The number of carbonyl (C=O) groups is 2. The summed E-state index contributed by atoms with van der Waals surface area (Å²) in [5.41, 5.74) is 1.94. The first kappa shape index (κ1) is 19.9. The van der Waals surface area contributed by atoms with E-state index in [9.17, 15) is 9.59 Å². The van der Waals surface area contributed by atoms with Crippen molar-refractivity contribution >= 4 is 29.1 Å². The number of nitrogens with zero attached hydrogens (tertiary/aromatic N) is 2. The van der Waals surface area contributed by atoms with Crippen molar-refractivity contribution in [2.45, 2.75) is 38.2 Å². The fraction of sp³-hybridized carbons (Fsp3) is 0.300. The van der Waals surface area contributed by atoms with Gasteiger partial charge in [0.25, 0.3) is 11.1 Å². The Morgan fingerprint density at radius 2 is 1.79 bits per heavy atom. The number of hydrogen-bond acceptors (Lipinski definition) is 7. The van der Waals surface area contributed by atoms with Crippen molar-refractivity contribution in [3.05, 3.63) is 47.9 Å². The van der Waals surface area contributed by atoms with E-state index in [4.69, 9.17) is 8.83 Å². The number of amides is 1. The van der Waals surface area contributed by atoms with Crippen LogP contribution in [0.4, 0.5) is 5.69 Å². The van der Waals surface area contributed by atoms with Gasteiger partial charge in [-0.2, -0.15) is 0 Å². The van der Waals surface area contributed by atoms with E-state index in [1.807, 2.05) is 20.8 Å². The molecule has 0 saturated carbocycles. The number of hydrogen-bond donors (Lipinski definition) is 1. The zero-order valence-corrected chi connectivity index (χ0v) is 16.9. The SMILES string of the molecule is Cc1occc1-c1nnc(SC(C)C(=O)c2ccc(NC(=O)C(C)C)cc2)o1. The van der Waals surface area contributed by atoms with Gasteiger partial charge in [-0.25, -0.2) is 0 Å². The second-order valence-electron chi connectivity index (χ2n) is 6.61. The van der Waals surface area contributed by atoms with Crippen LogP contribution in [0.2, 0.25) is 0 Å². The second-order valence-corrected chi connectivity index (χ2v) is 7.90. The van der Waals surface area contributed by atoms with Crippen LogP contribution in [0.25, 0.3) is 11.5 Å². The molecular formula is C20H21N3O4S. The minimum absolute atomic E-state index is 0.0639. The summed E-state index contributed by atoms with van der Waals surface area (Å²) in [7, 11) is 0. The molecule has 8 heteroatoms. The van der Waals surface area contributed by atoms with E-state index in [1.54, 1.807) is 43.5 Å². The molecule has 3 aromatic rings. The predicted molar refractivity (Wildman–Crippen MR) is 106 cm³/mol. The molecule has 2 heterocycles. The largest absolute Gasteiger partial charge is 0.469 e. The normalized spacial score (nSPS) is 12.2. The fourth-order valence-electron chi connectivity index (χ4n) is 2.42. The zero-order chi connectivity index (χ0) is 20.3. The van der Waals surface area contributed by atoms with Gasteiger partial charge in [0.05, 0.1) is 17.1 Å². The van der Waals surface area contributed by atoms with E-state index in [0.717, 1.165) is 5.56 Å². The summed E-state index contributed by atoms with van der Waals surface area (Å²) in [6, 6.07) is 8.59. The van der Waals surface area contributed by atoms with Crippen molar-refractivity contribution in [3.8, 4) is 11.5 Å². The van der Waals surface area contributed by atoms with Gasteiger partial charge in [-0.3, -0.25) is 9.59 Å². The lowest BCUT2D eigenvalue weighted by molar-refractivity contribution is -0.118. The van der Waals surface area contributed by atoms with E-state index >= 15 is 0 Å². The maximum Gasteiger partial charge on any atom is 0.277 e. The Hall–Kier alpha value is -2.87. The van der Waals surface area contributed by atoms with Crippen molar-refractivity contribution in [3.63, 3.8) is 0 Å². The molecule has 2 aromatic heterocycles. The molecule has 0 radical (unpaired) electrons. The number of ketones is 1. The van der Waals surface area contributed by atoms with Gasteiger partial charge in [0.15, 0.2) is 5.78 Å². The quantitative estimate of drug-likeness (QED) is 0.458. The standard InChI is InChI=1S/C20H21N3O4S/c1-11(2)18(25)21-15-7-5-14(6-8-15)17(24)13(4)28-20-23-22-19(27-20)16-9-10-26-12(16)3/h5-11,13H,1-4H3,(H,21,25). The molecule has 0 aliphatic heterocycles. The van der Waals surface area contributed by atoms with Gasteiger partial charge in [-0.05, 0) is 44.2 Å². The average Bonchev–Trinajstić information content (AvgIpc) is 3.30. The summed E-state index contributed by atoms with van der Waals surface area (Å²) in [6.07, 6.45) is 1.56. The lowest BCUT2D eigenvalue weighted by Gasteiger charge is -2.10. The maximum absolute atomic E-state index is 12.7. The van der Waals surface area contributed by atoms with Gasteiger partial charge in [-0.1, -0.05) is 25.6 Å². The van der Waals surface area contributed by atoms with Crippen LogP contribution in [0.3, 0.4) is 0 Å². The lowest BCUT2D eigenvalue weighted by Crippen LogP contribution is -2.18. The minimum Gasteiger partial charge on any atom is -0.469 e. The Labute approximate surface area is 166 Å². The topological polar surface area (TPSA) is 98.2 Å². The molecule has 1 N–H and O–H groups in total. The first-order chi connectivity index (χ1) is 13.3. The third kappa shape index (κ3) is 4.51. The number of furan rings is 1. The van der Waals surface area contributed by atoms with Crippen LogP contribution in [0.15, 0.2) is 50.7 Å². The fourth-order valence-corrected chi connectivity index (χ4v) is 3.18. The van der Waals surface area contributed by atoms with Crippen LogP contribution in [-0.2, 0) is 4.79 Å². The molecule has 28 heavy (non-hydrogen) atoms. The van der Waals surface area contributed by atoms with Crippen LogP contribution in [-0.4, -0.2) is 27.1 Å². The summed E-state index contributed by atoms with van der Waals surface area (Å²) in [4.78, 5) is 24.4. The van der Waals surface area contributed by atoms with Crippen molar-refractivity contribution < 1.29 is 18.4 Å². The Morgan fingerprint density at radius 1 is 1.07 bits per heavy atom. The summed E-state index contributed by atoms with van der Waals surface area (Å²) in [6.45, 7) is 7.24. The number of rotatable bonds is 7. The third-order valence-electron chi connectivity index (χ3n) is 4.10. The highest BCUT2D eigenvalue weighted by Gasteiger charge is 2.21. The molecule has 0 fully saturated rings. The van der Waals surface area contributed by atoms with Crippen LogP contribution in [0.1, 0.15) is 36.9 Å². The minimum atomic E-state index is -0.408. The van der Waals surface area contributed by atoms with Gasteiger partial charge < -0.3 is 14.2 Å². The molecule has 146 valence electrons. The molecule has 0 saturated heterocycles. The lowest BCUT2D eigenvalue weighted by atomic mass is 10.1. The maximum atomic E-state index is 12.7. The number of anilines is 1. The molecule has 0 aliphatic carbocycles. The zero-order valence-electron chi connectivity index (χ0n) is 16.1. The number of Topliss-reactive ketones (excluding diaryl/α,β-unsaturated/α-hetero) is 1.